The van der Waals surface area contributed by atoms with Gasteiger partial charge in [0.2, 0.25) is 0 Å². The maximum Gasteiger partial charge on any atom is 0.303 e. The molecule has 1 fully saturated rings. The number of fused-ring (bicyclic) bond motifs is 1. The van der Waals surface area contributed by atoms with Crippen LogP contribution in [0.4, 0.5) is 11.4 Å². The van der Waals surface area contributed by atoms with E-state index >= 15 is 0 Å². The number of aryl methyl sites for hydroxylation is 1. The zero-order chi connectivity index (χ0) is 26.6. The van der Waals surface area contributed by atoms with E-state index in [-0.39, 0.29) is 12.3 Å². The number of halogens is 1. The highest BCUT2D eigenvalue weighted by atomic mass is 79.9. The molecule has 3 aromatic rings. The SMILES string of the molecule is CN1CCN(Cc2ccc(N/C(=C3\C(=O)Nc4cc(Br)ccc43)c3ccc(CCC(=O)O)cc3)cc2)CC1. The van der Waals surface area contributed by atoms with Gasteiger partial charge in [0.1, 0.15) is 0 Å². The summed E-state index contributed by atoms with van der Waals surface area (Å²) in [6.45, 7) is 5.24. The first-order valence-electron chi connectivity index (χ1n) is 12.8. The van der Waals surface area contributed by atoms with E-state index in [0.29, 0.717) is 17.7 Å². The van der Waals surface area contributed by atoms with Crippen LogP contribution in [-0.4, -0.2) is 60.0 Å². The number of aliphatic carboxylic acids is 1. The van der Waals surface area contributed by atoms with Crippen molar-refractivity contribution in [3.05, 3.63) is 93.5 Å². The number of hydrogen-bond donors (Lipinski definition) is 3. The predicted molar refractivity (Wildman–Crippen MR) is 155 cm³/mol. The van der Waals surface area contributed by atoms with Gasteiger partial charge in [-0.25, -0.2) is 0 Å². The summed E-state index contributed by atoms with van der Waals surface area (Å²) in [6, 6.07) is 21.9. The number of anilines is 2. The van der Waals surface area contributed by atoms with Crippen molar-refractivity contribution in [2.45, 2.75) is 19.4 Å². The van der Waals surface area contributed by atoms with Gasteiger partial charge in [0.15, 0.2) is 0 Å². The number of carboxylic acid groups (broad SMARTS) is 1. The first kappa shape index (κ1) is 26.2. The van der Waals surface area contributed by atoms with E-state index in [4.69, 9.17) is 5.11 Å². The number of hydrogen-bond acceptors (Lipinski definition) is 5. The molecule has 1 saturated heterocycles. The molecule has 8 heteroatoms. The first-order valence-corrected chi connectivity index (χ1v) is 13.6. The van der Waals surface area contributed by atoms with Crippen molar-refractivity contribution < 1.29 is 14.7 Å². The maximum atomic E-state index is 13.2. The van der Waals surface area contributed by atoms with Gasteiger partial charge in [0, 0.05) is 54.9 Å². The lowest BCUT2D eigenvalue weighted by atomic mass is 9.98. The Morgan fingerprint density at radius 1 is 0.974 bits per heavy atom. The average molecular weight is 576 g/mol. The fourth-order valence-corrected chi connectivity index (χ4v) is 5.22. The summed E-state index contributed by atoms with van der Waals surface area (Å²) >= 11 is 3.49. The second-order valence-corrected chi connectivity index (χ2v) is 10.8. The Morgan fingerprint density at radius 2 is 1.66 bits per heavy atom. The third-order valence-corrected chi connectivity index (χ3v) is 7.56. The van der Waals surface area contributed by atoms with Crippen LogP contribution in [0.1, 0.15) is 28.7 Å². The number of nitrogens with zero attached hydrogens (tertiary/aromatic N) is 2. The molecule has 5 rings (SSSR count). The molecule has 0 unspecified atom stereocenters. The van der Waals surface area contributed by atoms with Gasteiger partial charge in [-0.1, -0.05) is 58.4 Å². The third-order valence-electron chi connectivity index (χ3n) is 7.07. The second kappa shape index (κ2) is 11.5. The molecule has 2 heterocycles. The van der Waals surface area contributed by atoms with E-state index in [0.717, 1.165) is 65.3 Å². The molecule has 38 heavy (non-hydrogen) atoms. The van der Waals surface area contributed by atoms with Crippen molar-refractivity contribution in [2.75, 3.05) is 43.9 Å². The van der Waals surface area contributed by atoms with Crippen LogP contribution >= 0.6 is 15.9 Å². The van der Waals surface area contributed by atoms with Crippen molar-refractivity contribution in [3.63, 3.8) is 0 Å². The molecule has 0 atom stereocenters. The van der Waals surface area contributed by atoms with Gasteiger partial charge >= 0.3 is 5.97 Å². The molecule has 0 aliphatic carbocycles. The van der Waals surface area contributed by atoms with Gasteiger partial charge in [0.25, 0.3) is 5.91 Å². The maximum absolute atomic E-state index is 13.2. The van der Waals surface area contributed by atoms with Crippen LogP contribution in [0, 0.1) is 0 Å². The number of carbonyl (C=O) groups is 2. The lowest BCUT2D eigenvalue weighted by Crippen LogP contribution is -2.43. The smallest absolute Gasteiger partial charge is 0.303 e. The van der Waals surface area contributed by atoms with Gasteiger partial charge in [-0.3, -0.25) is 14.5 Å². The normalized spacial score (nSPS) is 17.2. The molecule has 7 nitrogen and oxygen atoms in total. The highest BCUT2D eigenvalue weighted by molar-refractivity contribution is 9.10. The quantitative estimate of drug-likeness (QED) is 0.323. The fourth-order valence-electron chi connectivity index (χ4n) is 4.86. The first-order chi connectivity index (χ1) is 18.4. The topological polar surface area (TPSA) is 84.9 Å². The van der Waals surface area contributed by atoms with Crippen LogP contribution in [0.2, 0.25) is 0 Å². The number of carbonyl (C=O) groups excluding carboxylic acids is 1. The highest BCUT2D eigenvalue weighted by Crippen LogP contribution is 2.39. The summed E-state index contributed by atoms with van der Waals surface area (Å²) in [5.41, 5.74) is 6.82. The van der Waals surface area contributed by atoms with Gasteiger partial charge < -0.3 is 20.6 Å². The number of likely N-dealkylation sites (N-methyl/N-ethyl adjacent to an activating group) is 1. The lowest BCUT2D eigenvalue weighted by Gasteiger charge is -2.32. The molecular weight excluding hydrogens is 544 g/mol. The number of amides is 1. The molecule has 0 spiro atoms. The predicted octanol–water partition coefficient (Wildman–Crippen LogP) is 5.15. The molecule has 1 amide bonds. The van der Waals surface area contributed by atoms with Gasteiger partial charge in [-0.05, 0) is 54.4 Å². The monoisotopic (exact) mass is 574 g/mol. The molecule has 2 aliphatic heterocycles. The van der Waals surface area contributed by atoms with Crippen LogP contribution in [0.25, 0.3) is 11.3 Å². The summed E-state index contributed by atoms with van der Waals surface area (Å²) in [4.78, 5) is 29.0. The zero-order valence-electron chi connectivity index (χ0n) is 21.3. The molecule has 3 N–H and O–H groups in total. The average Bonchev–Trinajstić information content (AvgIpc) is 3.23. The molecule has 0 radical (unpaired) electrons. The largest absolute Gasteiger partial charge is 0.481 e. The summed E-state index contributed by atoms with van der Waals surface area (Å²) in [7, 11) is 2.16. The van der Waals surface area contributed by atoms with Crippen LogP contribution in [0.15, 0.2) is 71.2 Å². The van der Waals surface area contributed by atoms with Crippen LogP contribution in [-0.2, 0) is 22.6 Å². The Morgan fingerprint density at radius 3 is 2.34 bits per heavy atom. The highest BCUT2D eigenvalue weighted by Gasteiger charge is 2.28. The summed E-state index contributed by atoms with van der Waals surface area (Å²) in [5.74, 6) is -0.984. The number of piperazine rings is 1. The summed E-state index contributed by atoms with van der Waals surface area (Å²) < 4.78 is 0.894. The molecular formula is C30H31BrN4O3. The Labute approximate surface area is 231 Å². The lowest BCUT2D eigenvalue weighted by molar-refractivity contribution is -0.137. The van der Waals surface area contributed by atoms with Crippen LogP contribution in [0.5, 0.6) is 0 Å². The minimum absolute atomic E-state index is 0.0800. The van der Waals surface area contributed by atoms with E-state index < -0.39 is 5.97 Å². The number of benzene rings is 3. The van der Waals surface area contributed by atoms with Gasteiger partial charge in [-0.2, -0.15) is 0 Å². The van der Waals surface area contributed by atoms with E-state index in [1.807, 2.05) is 42.5 Å². The van der Waals surface area contributed by atoms with Crippen molar-refractivity contribution in [1.29, 1.82) is 0 Å². The fraction of sp³-hybridized carbons (Fsp3) is 0.267. The van der Waals surface area contributed by atoms with Crippen LogP contribution in [0.3, 0.4) is 0 Å². The Balaban J connectivity index is 1.44. The Kier molecular flexibility index (Phi) is 7.93. The summed E-state index contributed by atoms with van der Waals surface area (Å²) in [6.07, 6.45) is 0.539. The minimum Gasteiger partial charge on any atom is -0.481 e. The summed E-state index contributed by atoms with van der Waals surface area (Å²) in [5, 5.41) is 15.5. The van der Waals surface area contributed by atoms with E-state index in [9.17, 15) is 9.59 Å². The molecule has 0 aromatic heterocycles. The Hall–Kier alpha value is -3.46. The van der Waals surface area contributed by atoms with Crippen molar-refractivity contribution in [3.8, 4) is 0 Å². The third kappa shape index (κ3) is 6.15. The zero-order valence-corrected chi connectivity index (χ0v) is 22.9. The van der Waals surface area contributed by atoms with Crippen molar-refractivity contribution in [1.82, 2.24) is 9.80 Å². The van der Waals surface area contributed by atoms with Crippen molar-refractivity contribution >= 4 is 50.5 Å². The molecule has 196 valence electrons. The number of carboxylic acids is 1. The van der Waals surface area contributed by atoms with Gasteiger partial charge in [-0.15, -0.1) is 0 Å². The minimum atomic E-state index is -0.819. The number of rotatable bonds is 8. The molecule has 0 saturated carbocycles. The standard InChI is InChI=1S/C30H31BrN4O3/c1-34-14-16-35(17-15-34)19-21-4-10-24(11-5-21)32-29(22-7-2-20(3-8-22)6-13-27(36)37)28-25-12-9-23(31)18-26(25)33-30(28)38/h2-5,7-12,18,32H,6,13-17,19H2,1H3,(H,33,38)(H,36,37)/b29-28-. The Bertz CT molecular complexity index is 1360. The van der Waals surface area contributed by atoms with Gasteiger partial charge in [0.05, 0.1) is 17.0 Å². The van der Waals surface area contributed by atoms with Crippen LogP contribution < -0.4 is 10.6 Å². The molecule has 0 bridgehead atoms. The second-order valence-electron chi connectivity index (χ2n) is 9.89. The molecule has 2 aliphatic rings. The van der Waals surface area contributed by atoms with E-state index in [2.05, 4.69) is 67.7 Å². The number of nitrogens with one attached hydrogen (secondary N) is 2. The van der Waals surface area contributed by atoms with E-state index in [1.165, 1.54) is 5.56 Å². The molecule has 3 aromatic carbocycles. The van der Waals surface area contributed by atoms with E-state index in [1.54, 1.807) is 0 Å². The van der Waals surface area contributed by atoms with Crippen molar-refractivity contribution in [2.24, 2.45) is 0 Å².